The number of rotatable bonds is 4. The van der Waals surface area contributed by atoms with E-state index < -0.39 is 42.7 Å². The summed E-state index contributed by atoms with van der Waals surface area (Å²) in [6.45, 7) is 3.85. The average molecular weight is 446 g/mol. The molecule has 0 bridgehead atoms. The Morgan fingerprint density at radius 3 is 1.52 bits per heavy atom. The zero-order valence-electron chi connectivity index (χ0n) is 16.5. The van der Waals surface area contributed by atoms with Crippen molar-refractivity contribution in [2.24, 2.45) is 0 Å². The molecule has 0 aliphatic rings. The second-order valence-corrected chi connectivity index (χ2v) is 9.13. The Balaban J connectivity index is 1.97. The maximum Gasteiger partial charge on any atom is 0.200 e. The maximum absolute atomic E-state index is 14.6. The van der Waals surface area contributed by atoms with E-state index in [1.807, 2.05) is 62.4 Å². The van der Waals surface area contributed by atoms with Crippen molar-refractivity contribution < 1.29 is 22.0 Å². The highest BCUT2D eigenvalue weighted by Gasteiger charge is 2.30. The van der Waals surface area contributed by atoms with Gasteiger partial charge in [-0.05, 0) is 24.5 Å². The number of halogens is 5. The fourth-order valence-corrected chi connectivity index (χ4v) is 5.43. The molecule has 31 heavy (non-hydrogen) atoms. The van der Waals surface area contributed by atoms with Crippen molar-refractivity contribution in [2.75, 3.05) is 0 Å². The normalized spacial score (nSPS) is 11.4. The van der Waals surface area contributed by atoms with Gasteiger partial charge in [-0.15, -0.1) is 0 Å². The summed E-state index contributed by atoms with van der Waals surface area (Å²) in [7, 11) is -1.45. The van der Waals surface area contributed by atoms with Crippen molar-refractivity contribution >= 4 is 24.1 Å². The summed E-state index contributed by atoms with van der Waals surface area (Å²) in [4.78, 5) is 4.27. The van der Waals surface area contributed by atoms with Gasteiger partial charge in [-0.1, -0.05) is 59.7 Å². The van der Waals surface area contributed by atoms with Crippen molar-refractivity contribution in [3.8, 4) is 5.69 Å². The van der Waals surface area contributed by atoms with Crippen LogP contribution in [0.1, 0.15) is 11.1 Å². The topological polar surface area (TPSA) is 17.8 Å². The summed E-state index contributed by atoms with van der Waals surface area (Å²) in [5.74, 6) is -10.00. The Kier molecular flexibility index (Phi) is 5.63. The fourth-order valence-electron chi connectivity index (χ4n) is 3.21. The van der Waals surface area contributed by atoms with Crippen LogP contribution in [0.2, 0.25) is 0 Å². The fraction of sp³-hybridized carbons (Fsp3) is 0.0870. The van der Waals surface area contributed by atoms with Crippen LogP contribution >= 0.6 is 7.92 Å². The number of benzene rings is 3. The molecule has 0 fully saturated rings. The van der Waals surface area contributed by atoms with Gasteiger partial charge < -0.3 is 0 Å². The molecule has 4 aromatic rings. The molecule has 0 atom stereocenters. The largest absolute Gasteiger partial charge is 0.294 e. The Morgan fingerprint density at radius 2 is 1.06 bits per heavy atom. The SMILES string of the molecule is Cc1ccc(P(c2ccc(C)cc2)c2nccn2-c2c(F)c(F)c(F)c(F)c2F)cc1. The Hall–Kier alpha value is -3.05. The van der Waals surface area contributed by atoms with Crippen molar-refractivity contribution in [1.29, 1.82) is 0 Å². The van der Waals surface area contributed by atoms with Crippen molar-refractivity contribution in [3.63, 3.8) is 0 Å². The van der Waals surface area contributed by atoms with Gasteiger partial charge in [0.2, 0.25) is 5.82 Å². The third-order valence-corrected chi connectivity index (χ3v) is 7.19. The van der Waals surface area contributed by atoms with Crippen LogP contribution < -0.4 is 16.2 Å². The van der Waals surface area contributed by atoms with E-state index >= 15 is 0 Å². The predicted molar refractivity (Wildman–Crippen MR) is 112 cm³/mol. The minimum absolute atomic E-state index is 0.186. The number of imidazole rings is 1. The van der Waals surface area contributed by atoms with E-state index in [4.69, 9.17) is 0 Å². The predicted octanol–water partition coefficient (Wildman–Crippen LogP) is 4.94. The van der Waals surface area contributed by atoms with E-state index in [1.165, 1.54) is 12.4 Å². The molecule has 1 aromatic heterocycles. The van der Waals surface area contributed by atoms with E-state index in [0.717, 1.165) is 26.3 Å². The molecule has 4 rings (SSSR count). The summed E-state index contributed by atoms with van der Waals surface area (Å²) in [5.41, 5.74) is 1.18. The van der Waals surface area contributed by atoms with Gasteiger partial charge in [0.15, 0.2) is 23.3 Å². The minimum Gasteiger partial charge on any atom is -0.294 e. The zero-order chi connectivity index (χ0) is 22.3. The molecular weight excluding hydrogens is 430 g/mol. The third kappa shape index (κ3) is 3.74. The van der Waals surface area contributed by atoms with Crippen molar-refractivity contribution in [1.82, 2.24) is 9.55 Å². The number of hydrogen-bond donors (Lipinski definition) is 0. The van der Waals surface area contributed by atoms with Gasteiger partial charge >= 0.3 is 0 Å². The van der Waals surface area contributed by atoms with Crippen LogP contribution in [0.15, 0.2) is 60.9 Å². The van der Waals surface area contributed by atoms with Gasteiger partial charge in [0.05, 0.1) is 0 Å². The van der Waals surface area contributed by atoms with E-state index in [1.54, 1.807) is 0 Å². The van der Waals surface area contributed by atoms with Crippen LogP contribution in [0.4, 0.5) is 22.0 Å². The first-order valence-corrected chi connectivity index (χ1v) is 10.6. The molecule has 158 valence electrons. The Labute approximate surface area is 176 Å². The maximum atomic E-state index is 14.6. The number of aryl methyl sites for hydroxylation is 2. The first kappa shape index (κ1) is 21.2. The summed E-state index contributed by atoms with van der Waals surface area (Å²) < 4.78 is 71.4. The Bertz CT molecular complexity index is 1180. The molecule has 8 heteroatoms. The lowest BCUT2D eigenvalue weighted by Gasteiger charge is -2.21. The van der Waals surface area contributed by atoms with Gasteiger partial charge in [0.25, 0.3) is 0 Å². The van der Waals surface area contributed by atoms with Gasteiger partial charge in [0, 0.05) is 20.3 Å². The highest BCUT2D eigenvalue weighted by Crippen LogP contribution is 2.35. The average Bonchev–Trinajstić information content (AvgIpc) is 3.23. The summed E-state index contributed by atoms with van der Waals surface area (Å²) >= 11 is 0. The monoisotopic (exact) mass is 446 g/mol. The van der Waals surface area contributed by atoms with Crippen LogP contribution in [0.3, 0.4) is 0 Å². The van der Waals surface area contributed by atoms with E-state index in [-0.39, 0.29) is 5.57 Å². The Morgan fingerprint density at radius 1 is 0.645 bits per heavy atom. The zero-order valence-corrected chi connectivity index (χ0v) is 17.4. The van der Waals surface area contributed by atoms with Gasteiger partial charge in [0.1, 0.15) is 11.3 Å². The summed E-state index contributed by atoms with van der Waals surface area (Å²) in [5, 5.41) is 1.64. The quantitative estimate of drug-likeness (QED) is 0.188. The molecule has 0 spiro atoms. The van der Waals surface area contributed by atoms with Crippen LogP contribution in [0.25, 0.3) is 5.69 Å². The molecule has 0 saturated heterocycles. The standard InChI is InChI=1S/C23H16F5N2P/c1-13-3-7-15(8-4-13)31(16-9-5-14(2)6-10-16)23-29-11-12-30(23)22-20(27)18(25)17(24)19(26)21(22)28/h3-12H,1-2H3. The van der Waals surface area contributed by atoms with Crippen LogP contribution in [0, 0.1) is 42.9 Å². The lowest BCUT2D eigenvalue weighted by Crippen LogP contribution is -2.28. The molecule has 0 radical (unpaired) electrons. The van der Waals surface area contributed by atoms with Crippen LogP contribution in [-0.4, -0.2) is 9.55 Å². The summed E-state index contributed by atoms with van der Waals surface area (Å²) in [6.07, 6.45) is 2.48. The van der Waals surface area contributed by atoms with E-state index in [2.05, 4.69) is 4.98 Å². The molecule has 0 aliphatic carbocycles. The molecule has 0 N–H and O–H groups in total. The number of nitrogens with zero attached hydrogens (tertiary/aromatic N) is 2. The lowest BCUT2D eigenvalue weighted by molar-refractivity contribution is 0.376. The second-order valence-electron chi connectivity index (χ2n) is 7.02. The molecule has 2 nitrogen and oxygen atoms in total. The smallest absolute Gasteiger partial charge is 0.200 e. The first-order chi connectivity index (χ1) is 14.8. The van der Waals surface area contributed by atoms with E-state index in [9.17, 15) is 22.0 Å². The minimum atomic E-state index is -2.19. The molecule has 0 aliphatic heterocycles. The van der Waals surface area contributed by atoms with E-state index in [0.29, 0.717) is 0 Å². The molecule has 0 saturated carbocycles. The highest BCUT2D eigenvalue weighted by atomic mass is 31.1. The molecule has 1 heterocycles. The van der Waals surface area contributed by atoms with Crippen LogP contribution in [0.5, 0.6) is 0 Å². The molecular formula is C23H16F5N2P. The first-order valence-electron chi connectivity index (χ1n) is 9.28. The van der Waals surface area contributed by atoms with Crippen LogP contribution in [-0.2, 0) is 0 Å². The van der Waals surface area contributed by atoms with Gasteiger partial charge in [-0.2, -0.15) is 0 Å². The molecule has 0 amide bonds. The third-order valence-electron chi connectivity index (χ3n) is 4.83. The van der Waals surface area contributed by atoms with Crippen molar-refractivity contribution in [2.45, 2.75) is 13.8 Å². The number of hydrogen-bond acceptors (Lipinski definition) is 1. The second kappa shape index (κ2) is 8.23. The lowest BCUT2D eigenvalue weighted by atomic mass is 10.2. The highest BCUT2D eigenvalue weighted by molar-refractivity contribution is 7.79. The van der Waals surface area contributed by atoms with Gasteiger partial charge in [-0.25, -0.2) is 26.9 Å². The van der Waals surface area contributed by atoms with Crippen molar-refractivity contribution in [3.05, 3.63) is 101 Å². The number of aromatic nitrogens is 2. The summed E-state index contributed by atoms with van der Waals surface area (Å²) in [6, 6.07) is 15.1. The van der Waals surface area contributed by atoms with Gasteiger partial charge in [-0.3, -0.25) is 4.57 Å². The molecule has 3 aromatic carbocycles. The molecule has 0 unspecified atom stereocenters.